The van der Waals surface area contributed by atoms with Crippen molar-refractivity contribution in [2.75, 3.05) is 0 Å². The predicted octanol–water partition coefficient (Wildman–Crippen LogP) is 3.57. The molecule has 0 saturated heterocycles. The van der Waals surface area contributed by atoms with Crippen molar-refractivity contribution in [2.24, 2.45) is 0 Å². The minimum absolute atomic E-state index is 0.449. The van der Waals surface area contributed by atoms with Crippen molar-refractivity contribution in [3.63, 3.8) is 0 Å². The SMILES string of the molecule is C[CH]c1ccc(C(O)(C(F)(F)F)C(F)(F)F)cc1. The maximum absolute atomic E-state index is 12.5. The monoisotopic (exact) mass is 271 g/mol. The zero-order chi connectivity index (χ0) is 14.2. The van der Waals surface area contributed by atoms with Crippen LogP contribution in [0.3, 0.4) is 0 Å². The van der Waals surface area contributed by atoms with Crippen LogP contribution in [0.5, 0.6) is 0 Å². The van der Waals surface area contributed by atoms with E-state index in [1.54, 1.807) is 6.92 Å². The van der Waals surface area contributed by atoms with Crippen LogP contribution >= 0.6 is 0 Å². The second-order valence-corrected chi connectivity index (χ2v) is 3.62. The number of halogens is 6. The summed E-state index contributed by atoms with van der Waals surface area (Å²) in [5, 5.41) is 9.06. The molecular formula is C11H9F6O. The third-order valence-corrected chi connectivity index (χ3v) is 2.48. The van der Waals surface area contributed by atoms with Gasteiger partial charge in [0.15, 0.2) is 0 Å². The Balaban J connectivity index is 3.36. The van der Waals surface area contributed by atoms with Crippen LogP contribution < -0.4 is 0 Å². The van der Waals surface area contributed by atoms with E-state index in [0.29, 0.717) is 17.7 Å². The molecule has 1 rings (SSSR count). The van der Waals surface area contributed by atoms with Crippen LogP contribution in [0.25, 0.3) is 0 Å². The summed E-state index contributed by atoms with van der Waals surface area (Å²) in [6.07, 6.45) is -10.2. The summed E-state index contributed by atoms with van der Waals surface area (Å²) in [7, 11) is 0. The van der Waals surface area contributed by atoms with Gasteiger partial charge in [-0.1, -0.05) is 31.2 Å². The van der Waals surface area contributed by atoms with E-state index >= 15 is 0 Å². The lowest BCUT2D eigenvalue weighted by atomic mass is 9.91. The van der Waals surface area contributed by atoms with Gasteiger partial charge in [0.1, 0.15) is 0 Å². The molecule has 1 radical (unpaired) electrons. The molecular weight excluding hydrogens is 262 g/mol. The third-order valence-electron chi connectivity index (χ3n) is 2.48. The van der Waals surface area contributed by atoms with E-state index in [1.165, 1.54) is 6.42 Å². The fourth-order valence-electron chi connectivity index (χ4n) is 1.40. The zero-order valence-corrected chi connectivity index (χ0v) is 9.10. The van der Waals surface area contributed by atoms with Gasteiger partial charge in [0.05, 0.1) is 0 Å². The smallest absolute Gasteiger partial charge is 0.369 e. The molecule has 7 heteroatoms. The van der Waals surface area contributed by atoms with Crippen LogP contribution in [0, 0.1) is 6.42 Å². The second kappa shape index (κ2) is 4.46. The summed E-state index contributed by atoms with van der Waals surface area (Å²) in [5.41, 5.74) is -5.66. The van der Waals surface area contributed by atoms with Crippen molar-refractivity contribution in [2.45, 2.75) is 24.9 Å². The first-order chi connectivity index (χ1) is 8.04. The number of benzene rings is 1. The molecule has 0 aliphatic carbocycles. The lowest BCUT2D eigenvalue weighted by Crippen LogP contribution is -2.53. The molecule has 0 fully saturated rings. The largest absolute Gasteiger partial charge is 0.430 e. The third kappa shape index (κ3) is 2.31. The highest BCUT2D eigenvalue weighted by Crippen LogP contribution is 2.49. The minimum atomic E-state index is -5.84. The van der Waals surface area contributed by atoms with E-state index < -0.39 is 23.5 Å². The summed E-state index contributed by atoms with van der Waals surface area (Å²) < 4.78 is 74.9. The second-order valence-electron chi connectivity index (χ2n) is 3.62. The Bertz CT molecular complexity index is 389. The molecule has 0 aromatic heterocycles. The fourth-order valence-corrected chi connectivity index (χ4v) is 1.40. The predicted molar refractivity (Wildman–Crippen MR) is 51.5 cm³/mol. The highest BCUT2D eigenvalue weighted by Gasteiger charge is 2.71. The summed E-state index contributed by atoms with van der Waals surface area (Å²) in [6, 6.07) is 3.35. The average molecular weight is 271 g/mol. The first-order valence-corrected chi connectivity index (χ1v) is 4.79. The number of hydrogen-bond acceptors (Lipinski definition) is 1. The number of alkyl halides is 6. The van der Waals surface area contributed by atoms with Gasteiger partial charge in [-0.3, -0.25) is 0 Å². The number of hydrogen-bond donors (Lipinski definition) is 1. The van der Waals surface area contributed by atoms with Gasteiger partial charge < -0.3 is 5.11 Å². The Morgan fingerprint density at radius 1 is 0.889 bits per heavy atom. The van der Waals surface area contributed by atoms with E-state index in [-0.39, 0.29) is 0 Å². The van der Waals surface area contributed by atoms with Crippen molar-refractivity contribution in [1.82, 2.24) is 0 Å². The molecule has 0 bridgehead atoms. The van der Waals surface area contributed by atoms with Crippen LogP contribution in [0.1, 0.15) is 18.1 Å². The molecule has 0 saturated carbocycles. The molecule has 1 aromatic carbocycles. The maximum atomic E-state index is 12.5. The Morgan fingerprint density at radius 2 is 1.28 bits per heavy atom. The van der Waals surface area contributed by atoms with Crippen LogP contribution in [0.2, 0.25) is 0 Å². The van der Waals surface area contributed by atoms with Gasteiger partial charge in [0.2, 0.25) is 0 Å². The van der Waals surface area contributed by atoms with Gasteiger partial charge in [-0.25, -0.2) is 0 Å². The maximum Gasteiger partial charge on any atom is 0.430 e. The number of rotatable bonds is 2. The van der Waals surface area contributed by atoms with Crippen LogP contribution in [0.15, 0.2) is 24.3 Å². The van der Waals surface area contributed by atoms with Crippen LogP contribution in [-0.4, -0.2) is 17.5 Å². The molecule has 0 atom stereocenters. The van der Waals surface area contributed by atoms with E-state index in [1.807, 2.05) is 0 Å². The van der Waals surface area contributed by atoms with Gasteiger partial charge in [0, 0.05) is 5.56 Å². The molecule has 0 spiro atoms. The molecule has 0 heterocycles. The molecule has 1 nitrogen and oxygen atoms in total. The van der Waals surface area contributed by atoms with E-state index in [0.717, 1.165) is 12.1 Å². The van der Waals surface area contributed by atoms with Gasteiger partial charge >= 0.3 is 12.4 Å². The molecule has 0 amide bonds. The normalized spacial score (nSPS) is 13.8. The summed E-state index contributed by atoms with van der Waals surface area (Å²) in [5.74, 6) is 0. The molecule has 1 aromatic rings. The molecule has 0 aliphatic rings. The van der Waals surface area contributed by atoms with Crippen molar-refractivity contribution in [3.05, 3.63) is 41.8 Å². The van der Waals surface area contributed by atoms with E-state index in [4.69, 9.17) is 5.11 Å². The Kier molecular flexibility index (Phi) is 3.67. The molecule has 0 aliphatic heterocycles. The summed E-state index contributed by atoms with van der Waals surface area (Å²) in [4.78, 5) is 0. The van der Waals surface area contributed by atoms with E-state index in [9.17, 15) is 26.3 Å². The lowest BCUT2D eigenvalue weighted by Gasteiger charge is -2.32. The minimum Gasteiger partial charge on any atom is -0.369 e. The Hall–Kier alpha value is -1.24. The van der Waals surface area contributed by atoms with Gasteiger partial charge in [-0.15, -0.1) is 0 Å². The first kappa shape index (κ1) is 14.8. The van der Waals surface area contributed by atoms with Gasteiger partial charge in [-0.2, -0.15) is 26.3 Å². The average Bonchev–Trinajstić information content (AvgIpc) is 2.25. The Morgan fingerprint density at radius 3 is 1.56 bits per heavy atom. The van der Waals surface area contributed by atoms with Crippen molar-refractivity contribution in [3.8, 4) is 0 Å². The standard InChI is InChI=1S/C11H9F6O/c1-2-7-3-5-8(6-4-7)9(18,10(12,13)14)11(15,16)17/h2-6,18H,1H3. The first-order valence-electron chi connectivity index (χ1n) is 4.79. The number of aliphatic hydroxyl groups is 1. The molecule has 0 unspecified atom stereocenters. The van der Waals surface area contributed by atoms with Crippen molar-refractivity contribution < 1.29 is 31.4 Å². The molecule has 101 valence electrons. The highest BCUT2D eigenvalue weighted by atomic mass is 19.4. The topological polar surface area (TPSA) is 20.2 Å². The molecule has 1 N–H and O–H groups in total. The van der Waals surface area contributed by atoms with Crippen LogP contribution in [0.4, 0.5) is 26.3 Å². The Labute approximate surface area is 99.0 Å². The van der Waals surface area contributed by atoms with Gasteiger partial charge in [-0.05, 0) is 12.0 Å². The van der Waals surface area contributed by atoms with Crippen LogP contribution in [-0.2, 0) is 5.60 Å². The zero-order valence-electron chi connectivity index (χ0n) is 9.10. The quantitative estimate of drug-likeness (QED) is 0.815. The summed E-state index contributed by atoms with van der Waals surface area (Å²) in [6.45, 7) is 1.58. The van der Waals surface area contributed by atoms with Crippen molar-refractivity contribution >= 4 is 0 Å². The lowest BCUT2D eigenvalue weighted by molar-refractivity contribution is -0.376. The summed E-state index contributed by atoms with van der Waals surface area (Å²) >= 11 is 0. The van der Waals surface area contributed by atoms with Gasteiger partial charge in [0.25, 0.3) is 5.60 Å². The van der Waals surface area contributed by atoms with Crippen molar-refractivity contribution in [1.29, 1.82) is 0 Å². The van der Waals surface area contributed by atoms with E-state index in [2.05, 4.69) is 0 Å². The highest BCUT2D eigenvalue weighted by molar-refractivity contribution is 5.32. The molecule has 18 heavy (non-hydrogen) atoms. The fraction of sp³-hybridized carbons (Fsp3) is 0.364.